The van der Waals surface area contributed by atoms with Gasteiger partial charge in [-0.1, -0.05) is 6.07 Å². The number of hydrogen-bond acceptors (Lipinski definition) is 1. The highest BCUT2D eigenvalue weighted by Gasteiger charge is 1.77. The highest BCUT2D eigenvalue weighted by atomic mass is 127. The zero-order valence-electron chi connectivity index (χ0n) is 3.43. The monoisotopic (exact) mass is 290 g/mol. The van der Waals surface area contributed by atoms with Crippen molar-refractivity contribution in [2.24, 2.45) is 0 Å². The topological polar surface area (TPSA) is 0 Å². The van der Waals surface area contributed by atoms with Gasteiger partial charge in [0.25, 0.3) is 0 Å². The molecule has 3 heteroatoms. The SMILES string of the molecule is Brc1cccs1.I. The summed E-state index contributed by atoms with van der Waals surface area (Å²) in [4.78, 5) is 0. The first-order valence-electron chi connectivity index (χ1n) is 1.58. The van der Waals surface area contributed by atoms with Gasteiger partial charge in [0.1, 0.15) is 0 Å². The largest absolute Gasteiger partial charge is 0.137 e. The van der Waals surface area contributed by atoms with Crippen molar-refractivity contribution in [3.63, 3.8) is 0 Å². The highest BCUT2D eigenvalue weighted by molar-refractivity contribution is 14.0. The number of thiophene rings is 1. The van der Waals surface area contributed by atoms with Crippen molar-refractivity contribution in [2.45, 2.75) is 0 Å². The van der Waals surface area contributed by atoms with Crippen molar-refractivity contribution < 1.29 is 0 Å². The van der Waals surface area contributed by atoms with E-state index in [1.165, 1.54) is 3.79 Å². The van der Waals surface area contributed by atoms with E-state index in [1.54, 1.807) is 11.3 Å². The quantitative estimate of drug-likeness (QED) is 0.644. The summed E-state index contributed by atoms with van der Waals surface area (Å²) in [5.41, 5.74) is 0. The Labute approximate surface area is 72.1 Å². The van der Waals surface area contributed by atoms with Crippen LogP contribution in [-0.2, 0) is 0 Å². The Balaban J connectivity index is 0.000000360. The third kappa shape index (κ3) is 2.66. The molecule has 1 aromatic rings. The maximum atomic E-state index is 3.30. The van der Waals surface area contributed by atoms with Crippen LogP contribution >= 0.6 is 51.2 Å². The summed E-state index contributed by atoms with van der Waals surface area (Å²) in [6, 6.07) is 4.03. The van der Waals surface area contributed by atoms with Crippen molar-refractivity contribution in [3.8, 4) is 0 Å². The van der Waals surface area contributed by atoms with E-state index >= 15 is 0 Å². The second-order valence-electron chi connectivity index (χ2n) is 0.917. The van der Waals surface area contributed by atoms with Gasteiger partial charge in [-0.25, -0.2) is 0 Å². The van der Waals surface area contributed by atoms with Gasteiger partial charge >= 0.3 is 0 Å². The molecule has 1 aromatic heterocycles. The summed E-state index contributed by atoms with van der Waals surface area (Å²) in [5, 5.41) is 2.03. The highest BCUT2D eigenvalue weighted by Crippen LogP contribution is 2.14. The predicted octanol–water partition coefficient (Wildman–Crippen LogP) is 3.13. The summed E-state index contributed by atoms with van der Waals surface area (Å²) >= 11 is 4.99. The van der Waals surface area contributed by atoms with Gasteiger partial charge in [-0.2, -0.15) is 0 Å². The van der Waals surface area contributed by atoms with E-state index in [0.29, 0.717) is 0 Å². The second-order valence-corrected chi connectivity index (χ2v) is 3.24. The maximum absolute atomic E-state index is 3.30. The average molecular weight is 291 g/mol. The zero-order chi connectivity index (χ0) is 4.41. The molecule has 0 aromatic carbocycles. The normalized spacial score (nSPS) is 7.57. The Morgan fingerprint density at radius 2 is 2.29 bits per heavy atom. The lowest BCUT2D eigenvalue weighted by Gasteiger charge is -1.62. The minimum absolute atomic E-state index is 0. The van der Waals surface area contributed by atoms with Crippen LogP contribution in [0.4, 0.5) is 0 Å². The molecule has 0 spiro atoms. The Morgan fingerprint density at radius 1 is 1.57 bits per heavy atom. The van der Waals surface area contributed by atoms with Gasteiger partial charge < -0.3 is 0 Å². The molecule has 0 unspecified atom stereocenters. The average Bonchev–Trinajstić information content (AvgIpc) is 1.86. The molecule has 0 nitrogen and oxygen atoms in total. The van der Waals surface area contributed by atoms with Crippen LogP contribution < -0.4 is 0 Å². The standard InChI is InChI=1S/C4H3BrS.HI/c5-4-2-1-3-6-4;/h1-3H;1H. The van der Waals surface area contributed by atoms with Crippen LogP contribution in [0, 0.1) is 0 Å². The van der Waals surface area contributed by atoms with E-state index in [2.05, 4.69) is 15.9 Å². The molecule has 0 radical (unpaired) electrons. The first-order valence-corrected chi connectivity index (χ1v) is 3.26. The Hall–Kier alpha value is 0.910. The third-order valence-electron chi connectivity index (χ3n) is 0.486. The first kappa shape index (κ1) is 7.91. The van der Waals surface area contributed by atoms with Crippen LogP contribution in [0.3, 0.4) is 0 Å². The van der Waals surface area contributed by atoms with E-state index in [-0.39, 0.29) is 24.0 Å². The van der Waals surface area contributed by atoms with Gasteiger partial charge in [0.2, 0.25) is 0 Å². The molecule has 40 valence electrons. The van der Waals surface area contributed by atoms with Gasteiger partial charge in [-0.15, -0.1) is 35.3 Å². The summed E-state index contributed by atoms with van der Waals surface area (Å²) in [7, 11) is 0. The molecule has 0 aliphatic rings. The lowest BCUT2D eigenvalue weighted by atomic mass is 10.7. The van der Waals surface area contributed by atoms with Crippen LogP contribution in [0.15, 0.2) is 21.3 Å². The minimum atomic E-state index is 0. The summed E-state index contributed by atoms with van der Waals surface area (Å²) in [5.74, 6) is 0. The van der Waals surface area contributed by atoms with Gasteiger partial charge in [0.05, 0.1) is 3.79 Å². The summed E-state index contributed by atoms with van der Waals surface area (Å²) in [6.07, 6.45) is 0. The molecule has 7 heavy (non-hydrogen) atoms. The van der Waals surface area contributed by atoms with E-state index in [1.807, 2.05) is 17.5 Å². The smallest absolute Gasteiger partial charge is 0.0698 e. The molecule has 0 fully saturated rings. The van der Waals surface area contributed by atoms with Crippen molar-refractivity contribution in [3.05, 3.63) is 21.3 Å². The second kappa shape index (κ2) is 3.86. The Bertz CT molecular complexity index is 115. The fraction of sp³-hybridized carbons (Fsp3) is 0. The number of rotatable bonds is 0. The Morgan fingerprint density at radius 3 is 2.43 bits per heavy atom. The van der Waals surface area contributed by atoms with Gasteiger partial charge in [0, 0.05) is 0 Å². The van der Waals surface area contributed by atoms with E-state index in [9.17, 15) is 0 Å². The van der Waals surface area contributed by atoms with Crippen LogP contribution in [0.25, 0.3) is 0 Å². The van der Waals surface area contributed by atoms with Gasteiger partial charge in [-0.3, -0.25) is 0 Å². The molecule has 1 heterocycles. The molecule has 1 rings (SSSR count). The van der Waals surface area contributed by atoms with Crippen LogP contribution in [0.1, 0.15) is 0 Å². The molecule has 0 aliphatic heterocycles. The van der Waals surface area contributed by atoms with E-state index < -0.39 is 0 Å². The minimum Gasteiger partial charge on any atom is -0.137 e. The van der Waals surface area contributed by atoms with Crippen molar-refractivity contribution >= 4 is 51.2 Å². The molecule has 0 bridgehead atoms. The summed E-state index contributed by atoms with van der Waals surface area (Å²) < 4.78 is 1.20. The molecular formula is C4H4BrIS. The van der Waals surface area contributed by atoms with Gasteiger partial charge in [0.15, 0.2) is 0 Å². The van der Waals surface area contributed by atoms with Crippen LogP contribution in [0.2, 0.25) is 0 Å². The molecule has 0 amide bonds. The molecule has 0 N–H and O–H groups in total. The lowest BCUT2D eigenvalue weighted by Crippen LogP contribution is -1.29. The predicted molar refractivity (Wildman–Crippen MR) is 47.4 cm³/mol. The molecule has 0 saturated carbocycles. The molecule has 0 atom stereocenters. The zero-order valence-corrected chi connectivity index (χ0v) is 8.16. The third-order valence-corrected chi connectivity index (χ3v) is 1.97. The fourth-order valence-electron chi connectivity index (χ4n) is 0.259. The first-order chi connectivity index (χ1) is 2.89. The molecular weight excluding hydrogens is 287 g/mol. The summed E-state index contributed by atoms with van der Waals surface area (Å²) in [6.45, 7) is 0. The number of halogens is 2. The fourth-order valence-corrected chi connectivity index (χ4v) is 1.18. The molecule has 0 saturated heterocycles. The van der Waals surface area contributed by atoms with Crippen LogP contribution in [0.5, 0.6) is 0 Å². The van der Waals surface area contributed by atoms with Gasteiger partial charge in [-0.05, 0) is 27.4 Å². The van der Waals surface area contributed by atoms with Crippen molar-refractivity contribution in [1.29, 1.82) is 0 Å². The van der Waals surface area contributed by atoms with E-state index in [4.69, 9.17) is 0 Å². The maximum Gasteiger partial charge on any atom is 0.0698 e. The van der Waals surface area contributed by atoms with Crippen molar-refractivity contribution in [1.82, 2.24) is 0 Å². The molecule has 0 aliphatic carbocycles. The van der Waals surface area contributed by atoms with E-state index in [0.717, 1.165) is 0 Å². The lowest BCUT2D eigenvalue weighted by molar-refractivity contribution is 1.97. The Kier molecular flexibility index (Phi) is 4.36. The van der Waals surface area contributed by atoms with Crippen LogP contribution in [-0.4, -0.2) is 0 Å². The number of hydrogen-bond donors (Lipinski definition) is 0. The van der Waals surface area contributed by atoms with Crippen molar-refractivity contribution in [2.75, 3.05) is 0 Å².